The minimum Gasteiger partial charge on any atom is -0.378 e. The number of anilines is 2. The maximum atomic E-state index is 12.5. The van der Waals surface area contributed by atoms with Crippen molar-refractivity contribution < 1.29 is 22.7 Å². The molecule has 3 rings (SSSR count). The van der Waals surface area contributed by atoms with Gasteiger partial charge in [0.15, 0.2) is 0 Å². The van der Waals surface area contributed by atoms with E-state index in [1.54, 1.807) is 12.3 Å². The zero-order chi connectivity index (χ0) is 18.6. The number of hydrogen-bond donors (Lipinski definition) is 1. The van der Waals surface area contributed by atoms with Gasteiger partial charge in [0.05, 0.1) is 37.1 Å². The lowest BCUT2D eigenvalue weighted by atomic mass is 10.1. The van der Waals surface area contributed by atoms with E-state index in [9.17, 15) is 18.0 Å². The Morgan fingerprint density at radius 1 is 1.12 bits per heavy atom. The zero-order valence-corrected chi connectivity index (χ0v) is 13.9. The van der Waals surface area contributed by atoms with Gasteiger partial charge in [0.1, 0.15) is 5.82 Å². The number of nitrogens with one attached hydrogen (secondary N) is 1. The molecular formula is C18H18F3N3O2. The summed E-state index contributed by atoms with van der Waals surface area (Å²) in [5, 5.41) is 2.65. The van der Waals surface area contributed by atoms with Crippen LogP contribution in [0.1, 0.15) is 11.1 Å². The number of pyridine rings is 1. The van der Waals surface area contributed by atoms with Gasteiger partial charge in [0.2, 0.25) is 5.91 Å². The van der Waals surface area contributed by atoms with Gasteiger partial charge in [-0.2, -0.15) is 13.2 Å². The van der Waals surface area contributed by atoms with E-state index >= 15 is 0 Å². The Morgan fingerprint density at radius 3 is 2.38 bits per heavy atom. The summed E-state index contributed by atoms with van der Waals surface area (Å²) in [6.45, 7) is 2.93. The molecule has 26 heavy (non-hydrogen) atoms. The van der Waals surface area contributed by atoms with Gasteiger partial charge in [-0.05, 0) is 29.8 Å². The number of benzene rings is 1. The minimum absolute atomic E-state index is 0.0228. The highest BCUT2D eigenvalue weighted by atomic mass is 19.4. The van der Waals surface area contributed by atoms with Gasteiger partial charge in [0.25, 0.3) is 0 Å². The van der Waals surface area contributed by atoms with E-state index in [2.05, 4.69) is 15.2 Å². The molecule has 0 saturated carbocycles. The first-order valence-electron chi connectivity index (χ1n) is 8.16. The fraction of sp³-hybridized carbons (Fsp3) is 0.333. The molecule has 1 fully saturated rings. The number of carbonyl (C=O) groups excluding carboxylic acids is 1. The number of carbonyl (C=O) groups is 1. The van der Waals surface area contributed by atoms with Crippen LogP contribution in [0.2, 0.25) is 0 Å². The van der Waals surface area contributed by atoms with E-state index in [0.717, 1.165) is 30.9 Å². The molecule has 1 N–H and O–H groups in total. The van der Waals surface area contributed by atoms with Crippen molar-refractivity contribution in [2.75, 3.05) is 36.5 Å². The highest BCUT2D eigenvalue weighted by Gasteiger charge is 2.29. The van der Waals surface area contributed by atoms with Crippen molar-refractivity contribution in [2.45, 2.75) is 12.6 Å². The summed E-state index contributed by atoms with van der Waals surface area (Å²) in [7, 11) is 0. The summed E-state index contributed by atoms with van der Waals surface area (Å²) in [6.07, 6.45) is -2.73. The second kappa shape index (κ2) is 7.74. The van der Waals surface area contributed by atoms with Crippen molar-refractivity contribution in [3.8, 4) is 0 Å². The topological polar surface area (TPSA) is 54.5 Å². The van der Waals surface area contributed by atoms with Gasteiger partial charge in [0, 0.05) is 13.1 Å². The number of ether oxygens (including phenoxy) is 1. The smallest absolute Gasteiger partial charge is 0.378 e. The molecule has 0 bridgehead atoms. The molecule has 0 radical (unpaired) electrons. The number of aromatic nitrogens is 1. The second-order valence-electron chi connectivity index (χ2n) is 5.92. The molecule has 0 spiro atoms. The molecule has 0 atom stereocenters. The first-order chi connectivity index (χ1) is 12.4. The Bertz CT molecular complexity index is 740. The molecule has 2 aromatic rings. The van der Waals surface area contributed by atoms with Gasteiger partial charge >= 0.3 is 6.18 Å². The first-order valence-corrected chi connectivity index (χ1v) is 8.16. The largest absolute Gasteiger partial charge is 0.416 e. The summed E-state index contributed by atoms with van der Waals surface area (Å²) in [5.74, 6) is 0.0651. The van der Waals surface area contributed by atoms with Crippen molar-refractivity contribution in [2.24, 2.45) is 0 Å². The lowest BCUT2D eigenvalue weighted by Gasteiger charge is -2.28. The third kappa shape index (κ3) is 4.72. The van der Waals surface area contributed by atoms with Crippen LogP contribution in [-0.4, -0.2) is 37.2 Å². The van der Waals surface area contributed by atoms with Crippen molar-refractivity contribution >= 4 is 17.4 Å². The number of nitrogens with zero attached hydrogens (tertiary/aromatic N) is 2. The van der Waals surface area contributed by atoms with Crippen molar-refractivity contribution in [3.63, 3.8) is 0 Å². The Kier molecular flexibility index (Phi) is 5.41. The first kappa shape index (κ1) is 18.2. The molecule has 1 aromatic heterocycles. The zero-order valence-electron chi connectivity index (χ0n) is 13.9. The Labute approximate surface area is 148 Å². The molecule has 8 heteroatoms. The summed E-state index contributed by atoms with van der Waals surface area (Å²) in [4.78, 5) is 18.4. The Balaban J connectivity index is 1.56. The highest BCUT2D eigenvalue weighted by molar-refractivity contribution is 5.91. The Morgan fingerprint density at radius 2 is 1.81 bits per heavy atom. The van der Waals surface area contributed by atoms with Crippen LogP contribution in [0.4, 0.5) is 24.7 Å². The number of amides is 1. The molecule has 5 nitrogen and oxygen atoms in total. The SMILES string of the molecule is O=C(Cc1ccc(C(F)(F)F)cc1)Nc1ccc(N2CCOCC2)cn1. The van der Waals surface area contributed by atoms with Crippen LogP contribution in [0.3, 0.4) is 0 Å². The third-order valence-corrected chi connectivity index (χ3v) is 4.04. The molecular weight excluding hydrogens is 347 g/mol. The van der Waals surface area contributed by atoms with Gasteiger partial charge in [-0.15, -0.1) is 0 Å². The number of hydrogen-bond acceptors (Lipinski definition) is 4. The number of morpholine rings is 1. The number of halogens is 3. The van der Waals surface area contributed by atoms with Gasteiger partial charge in [-0.1, -0.05) is 12.1 Å². The normalized spacial score (nSPS) is 15.0. The fourth-order valence-electron chi connectivity index (χ4n) is 2.65. The molecule has 0 unspecified atom stereocenters. The van der Waals surface area contributed by atoms with Crippen molar-refractivity contribution in [1.82, 2.24) is 4.98 Å². The monoisotopic (exact) mass is 365 g/mol. The van der Waals surface area contributed by atoms with Gasteiger partial charge in [-0.3, -0.25) is 4.79 Å². The van der Waals surface area contributed by atoms with E-state index < -0.39 is 11.7 Å². The molecule has 1 saturated heterocycles. The van der Waals surface area contributed by atoms with E-state index in [4.69, 9.17) is 4.74 Å². The van der Waals surface area contributed by atoms with Crippen molar-refractivity contribution in [1.29, 1.82) is 0 Å². The maximum absolute atomic E-state index is 12.5. The van der Waals surface area contributed by atoms with E-state index in [1.807, 2.05) is 6.07 Å². The van der Waals surface area contributed by atoms with E-state index in [1.165, 1.54) is 12.1 Å². The standard InChI is InChI=1S/C18H18F3N3O2/c19-18(20,21)14-3-1-13(2-4-14)11-17(25)23-16-6-5-15(12-22-16)24-7-9-26-10-8-24/h1-6,12H,7-11H2,(H,22,23,25). The predicted molar refractivity (Wildman–Crippen MR) is 91.0 cm³/mol. The van der Waals surface area contributed by atoms with Gasteiger partial charge in [-0.25, -0.2) is 4.98 Å². The molecule has 1 aromatic carbocycles. The van der Waals surface area contributed by atoms with E-state index in [0.29, 0.717) is 24.6 Å². The average molecular weight is 365 g/mol. The van der Waals surface area contributed by atoms with Crippen LogP contribution >= 0.6 is 0 Å². The van der Waals surface area contributed by atoms with Crippen LogP contribution in [0.5, 0.6) is 0 Å². The van der Waals surface area contributed by atoms with Crippen molar-refractivity contribution in [3.05, 3.63) is 53.7 Å². The average Bonchev–Trinajstić information content (AvgIpc) is 2.63. The number of rotatable bonds is 4. The molecule has 1 aliphatic rings. The molecule has 1 aliphatic heterocycles. The molecule has 0 aliphatic carbocycles. The quantitative estimate of drug-likeness (QED) is 0.905. The summed E-state index contributed by atoms with van der Waals surface area (Å²) in [6, 6.07) is 8.12. The highest BCUT2D eigenvalue weighted by Crippen LogP contribution is 2.29. The number of alkyl halides is 3. The van der Waals surface area contributed by atoms with Gasteiger partial charge < -0.3 is 15.0 Å². The lowest BCUT2D eigenvalue weighted by molar-refractivity contribution is -0.137. The van der Waals surface area contributed by atoms with E-state index in [-0.39, 0.29) is 12.3 Å². The van der Waals surface area contributed by atoms with Crippen LogP contribution in [0, 0.1) is 0 Å². The van der Waals surface area contributed by atoms with Crippen LogP contribution in [0.25, 0.3) is 0 Å². The lowest BCUT2D eigenvalue weighted by Crippen LogP contribution is -2.36. The Hall–Kier alpha value is -2.61. The van der Waals surface area contributed by atoms with Crippen LogP contribution in [-0.2, 0) is 22.1 Å². The third-order valence-electron chi connectivity index (χ3n) is 4.04. The molecule has 1 amide bonds. The molecule has 2 heterocycles. The summed E-state index contributed by atoms with van der Waals surface area (Å²) in [5.41, 5.74) is 0.719. The summed E-state index contributed by atoms with van der Waals surface area (Å²) >= 11 is 0. The van der Waals surface area contributed by atoms with Crippen LogP contribution < -0.4 is 10.2 Å². The second-order valence-corrected chi connectivity index (χ2v) is 5.92. The van der Waals surface area contributed by atoms with Crippen LogP contribution in [0.15, 0.2) is 42.6 Å². The fourth-order valence-corrected chi connectivity index (χ4v) is 2.65. The minimum atomic E-state index is -4.38. The molecule has 138 valence electrons. The maximum Gasteiger partial charge on any atom is 0.416 e. The predicted octanol–water partition coefficient (Wildman–Crippen LogP) is 3.12. The summed E-state index contributed by atoms with van der Waals surface area (Å²) < 4.78 is 42.9.